The van der Waals surface area contributed by atoms with Crippen molar-refractivity contribution in [2.45, 2.75) is 39.2 Å². The largest absolute Gasteiger partial charge is 0.494 e. The Morgan fingerprint density at radius 3 is 2.19 bits per heavy atom. The summed E-state index contributed by atoms with van der Waals surface area (Å²) in [5, 5.41) is 6.53. The summed E-state index contributed by atoms with van der Waals surface area (Å²) in [4.78, 5) is 13.7. The fourth-order valence-corrected chi connectivity index (χ4v) is 5.18. The Labute approximate surface area is 217 Å². The average Bonchev–Trinajstić information content (AvgIpc) is 3.31. The van der Waals surface area contributed by atoms with E-state index < -0.39 is 0 Å². The SMILES string of the molecule is CCOc1ccc(/C=C2/CCC[C@@H]3C2=NN(C(=O)c2ccc(F)cc2)[C@H]3c2ccc(OCC)cc2)cc1. The molecule has 5 rings (SSSR count). The van der Waals surface area contributed by atoms with Crippen LogP contribution in [0.3, 0.4) is 0 Å². The average molecular weight is 499 g/mol. The molecule has 37 heavy (non-hydrogen) atoms. The molecule has 1 fully saturated rings. The third kappa shape index (κ3) is 5.29. The Bertz CT molecular complexity index is 1300. The maximum atomic E-state index is 13.7. The molecule has 1 aliphatic carbocycles. The summed E-state index contributed by atoms with van der Waals surface area (Å²) in [5.74, 6) is 1.10. The molecule has 0 saturated heterocycles. The van der Waals surface area contributed by atoms with Gasteiger partial charge in [0.05, 0.1) is 25.0 Å². The van der Waals surface area contributed by atoms with E-state index in [1.807, 2.05) is 62.4 Å². The van der Waals surface area contributed by atoms with Crippen LogP contribution < -0.4 is 9.47 Å². The zero-order chi connectivity index (χ0) is 25.8. The van der Waals surface area contributed by atoms with Crippen molar-refractivity contribution in [2.24, 2.45) is 11.0 Å². The van der Waals surface area contributed by atoms with Gasteiger partial charge in [-0.25, -0.2) is 9.40 Å². The monoisotopic (exact) mass is 498 g/mol. The summed E-state index contributed by atoms with van der Waals surface area (Å²) in [6.07, 6.45) is 5.02. The number of carbonyl (C=O) groups is 1. The molecule has 1 saturated carbocycles. The Hall–Kier alpha value is -3.93. The van der Waals surface area contributed by atoms with Crippen molar-refractivity contribution in [3.8, 4) is 11.5 Å². The van der Waals surface area contributed by atoms with E-state index in [-0.39, 0.29) is 23.7 Å². The molecule has 3 aromatic rings. The van der Waals surface area contributed by atoms with Gasteiger partial charge in [-0.1, -0.05) is 24.3 Å². The highest BCUT2D eigenvalue weighted by Gasteiger charge is 2.44. The van der Waals surface area contributed by atoms with Crippen LogP contribution in [0.2, 0.25) is 0 Å². The number of nitrogens with zero attached hydrogens (tertiary/aromatic N) is 2. The lowest BCUT2D eigenvalue weighted by atomic mass is 9.77. The van der Waals surface area contributed by atoms with E-state index in [2.05, 4.69) is 6.08 Å². The minimum absolute atomic E-state index is 0.0741. The third-order valence-electron chi connectivity index (χ3n) is 6.87. The zero-order valence-corrected chi connectivity index (χ0v) is 21.2. The maximum absolute atomic E-state index is 13.7. The van der Waals surface area contributed by atoms with Gasteiger partial charge >= 0.3 is 0 Å². The summed E-state index contributed by atoms with van der Waals surface area (Å²) in [6, 6.07) is 21.4. The number of carbonyl (C=O) groups excluding carboxylic acids is 1. The maximum Gasteiger partial charge on any atom is 0.274 e. The van der Waals surface area contributed by atoms with Crippen molar-refractivity contribution in [3.63, 3.8) is 0 Å². The van der Waals surface area contributed by atoms with E-state index >= 15 is 0 Å². The van der Waals surface area contributed by atoms with Gasteiger partial charge in [-0.2, -0.15) is 5.10 Å². The van der Waals surface area contributed by atoms with Crippen LogP contribution in [-0.4, -0.2) is 29.8 Å². The second-order valence-corrected chi connectivity index (χ2v) is 9.26. The van der Waals surface area contributed by atoms with Crippen LogP contribution in [-0.2, 0) is 0 Å². The Kier molecular flexibility index (Phi) is 7.35. The number of rotatable bonds is 7. The second kappa shape index (κ2) is 11.0. The number of hydrogen-bond donors (Lipinski definition) is 0. The highest BCUT2D eigenvalue weighted by atomic mass is 19.1. The number of halogens is 1. The van der Waals surface area contributed by atoms with Gasteiger partial charge in [-0.3, -0.25) is 4.79 Å². The molecule has 0 aromatic heterocycles. The second-order valence-electron chi connectivity index (χ2n) is 9.26. The molecule has 1 aliphatic heterocycles. The molecule has 0 spiro atoms. The van der Waals surface area contributed by atoms with Crippen LogP contribution >= 0.6 is 0 Å². The van der Waals surface area contributed by atoms with E-state index in [9.17, 15) is 9.18 Å². The van der Waals surface area contributed by atoms with Gasteiger partial charge in [0.25, 0.3) is 5.91 Å². The van der Waals surface area contributed by atoms with Crippen molar-refractivity contribution in [2.75, 3.05) is 13.2 Å². The molecule has 0 N–H and O–H groups in total. The van der Waals surface area contributed by atoms with Crippen molar-refractivity contribution in [3.05, 3.63) is 101 Å². The smallest absolute Gasteiger partial charge is 0.274 e. The highest BCUT2D eigenvalue weighted by Crippen LogP contribution is 2.45. The third-order valence-corrected chi connectivity index (χ3v) is 6.87. The first-order valence-corrected chi connectivity index (χ1v) is 12.9. The minimum Gasteiger partial charge on any atom is -0.494 e. The van der Waals surface area contributed by atoms with Crippen LogP contribution in [0.4, 0.5) is 4.39 Å². The minimum atomic E-state index is -0.374. The van der Waals surface area contributed by atoms with Gasteiger partial charge in [0.15, 0.2) is 0 Å². The number of hydrazone groups is 1. The molecule has 0 bridgehead atoms. The molecule has 0 unspecified atom stereocenters. The predicted molar refractivity (Wildman–Crippen MR) is 143 cm³/mol. The zero-order valence-electron chi connectivity index (χ0n) is 21.2. The molecule has 5 nitrogen and oxygen atoms in total. The molecule has 2 atom stereocenters. The molecule has 1 heterocycles. The Morgan fingerprint density at radius 1 is 0.946 bits per heavy atom. The highest BCUT2D eigenvalue weighted by molar-refractivity contribution is 6.09. The molecule has 0 radical (unpaired) electrons. The van der Waals surface area contributed by atoms with Crippen molar-refractivity contribution in [1.29, 1.82) is 0 Å². The molecular formula is C31H31FN2O3. The number of hydrogen-bond acceptors (Lipinski definition) is 4. The number of ether oxygens (including phenoxy) is 2. The number of allylic oxidation sites excluding steroid dienone is 1. The summed E-state index contributed by atoms with van der Waals surface area (Å²) in [5.41, 5.74) is 4.59. The lowest BCUT2D eigenvalue weighted by Crippen LogP contribution is -2.31. The van der Waals surface area contributed by atoms with Crippen LogP contribution in [0, 0.1) is 11.7 Å². The van der Waals surface area contributed by atoms with Gasteiger partial charge in [0.1, 0.15) is 17.3 Å². The van der Waals surface area contributed by atoms with E-state index in [0.717, 1.165) is 53.2 Å². The van der Waals surface area contributed by atoms with Crippen LogP contribution in [0.1, 0.15) is 60.6 Å². The first-order valence-electron chi connectivity index (χ1n) is 12.9. The van der Waals surface area contributed by atoms with Gasteiger partial charge in [0.2, 0.25) is 0 Å². The number of amides is 1. The van der Waals surface area contributed by atoms with Gasteiger partial charge < -0.3 is 9.47 Å². The van der Waals surface area contributed by atoms with E-state index in [1.54, 1.807) is 5.01 Å². The molecule has 2 aliphatic rings. The summed E-state index contributed by atoms with van der Waals surface area (Å²) < 4.78 is 24.8. The first kappa shape index (κ1) is 24.8. The lowest BCUT2D eigenvalue weighted by molar-refractivity contribution is 0.0681. The molecule has 3 aromatic carbocycles. The Balaban J connectivity index is 1.52. The first-order chi connectivity index (χ1) is 18.1. The molecular weight excluding hydrogens is 467 g/mol. The standard InChI is InChI=1S/C31H31FN2O3/c1-3-36-26-16-8-21(9-17-26)20-24-6-5-7-28-29(24)33-34(31(35)23-10-14-25(32)15-11-23)30(28)22-12-18-27(19-13-22)37-4-2/h8-20,28,30H,3-7H2,1-2H3/b24-20-/t28-,30+/m1/s1. The number of benzene rings is 3. The fraction of sp³-hybridized carbons (Fsp3) is 0.290. The van der Waals surface area contributed by atoms with Crippen molar-refractivity contribution < 1.29 is 18.7 Å². The van der Waals surface area contributed by atoms with Crippen molar-refractivity contribution in [1.82, 2.24) is 5.01 Å². The summed E-state index contributed by atoms with van der Waals surface area (Å²) in [6.45, 7) is 5.14. The summed E-state index contributed by atoms with van der Waals surface area (Å²) >= 11 is 0. The van der Waals surface area contributed by atoms with Crippen LogP contribution in [0.25, 0.3) is 6.08 Å². The topological polar surface area (TPSA) is 51.1 Å². The molecule has 1 amide bonds. The van der Waals surface area contributed by atoms with Crippen LogP contribution in [0.5, 0.6) is 11.5 Å². The molecule has 190 valence electrons. The lowest BCUT2D eigenvalue weighted by Gasteiger charge is -2.29. The number of fused-ring (bicyclic) bond motifs is 1. The predicted octanol–water partition coefficient (Wildman–Crippen LogP) is 7.06. The fourth-order valence-electron chi connectivity index (χ4n) is 5.18. The van der Waals surface area contributed by atoms with Gasteiger partial charge in [0, 0.05) is 11.5 Å². The van der Waals surface area contributed by atoms with E-state index in [1.165, 1.54) is 24.3 Å². The quantitative estimate of drug-likeness (QED) is 0.350. The van der Waals surface area contributed by atoms with E-state index in [0.29, 0.717) is 18.8 Å². The Morgan fingerprint density at radius 2 is 1.57 bits per heavy atom. The summed E-state index contributed by atoms with van der Waals surface area (Å²) in [7, 11) is 0. The van der Waals surface area contributed by atoms with Crippen LogP contribution in [0.15, 0.2) is 83.5 Å². The molecule has 6 heteroatoms. The normalized spacial score (nSPS) is 19.9. The van der Waals surface area contributed by atoms with E-state index in [4.69, 9.17) is 14.6 Å². The van der Waals surface area contributed by atoms with Gasteiger partial charge in [-0.05, 0) is 104 Å². The van der Waals surface area contributed by atoms with Crippen molar-refractivity contribution >= 4 is 17.7 Å². The van der Waals surface area contributed by atoms with Gasteiger partial charge in [-0.15, -0.1) is 0 Å².